The Morgan fingerprint density at radius 2 is 2.33 bits per heavy atom. The van der Waals surface area contributed by atoms with Crippen LogP contribution in [0.15, 0.2) is 18.2 Å². The van der Waals surface area contributed by atoms with Crippen LogP contribution in [0.4, 0.5) is 5.69 Å². The number of aryl methyl sites for hydroxylation is 1. The number of nitrogens with one attached hydrogen (secondary N) is 2. The van der Waals surface area contributed by atoms with Crippen LogP contribution in [-0.4, -0.2) is 43.0 Å². The van der Waals surface area contributed by atoms with Gasteiger partial charge in [0.15, 0.2) is 0 Å². The molecule has 1 amide bonds. The third-order valence-electron chi connectivity index (χ3n) is 3.92. The highest BCUT2D eigenvalue weighted by Gasteiger charge is 2.18. The molecule has 0 bridgehead atoms. The predicted molar refractivity (Wildman–Crippen MR) is 95.7 cm³/mol. The first-order chi connectivity index (χ1) is 10.1. The fraction of sp³-hybridized carbons (Fsp3) is 0.562. The normalized spacial score (nSPS) is 18.2. The Morgan fingerprint density at radius 3 is 2.95 bits per heavy atom. The number of hydrogen-bond acceptors (Lipinski definition) is 3. The Morgan fingerprint density at radius 1 is 1.52 bits per heavy atom. The number of hydrogen-bond donors (Lipinski definition) is 2. The van der Waals surface area contributed by atoms with Crippen molar-refractivity contribution in [2.24, 2.45) is 0 Å². The van der Waals surface area contributed by atoms with E-state index >= 15 is 0 Å². The lowest BCUT2D eigenvalue weighted by Crippen LogP contribution is -2.41. The minimum atomic E-state index is 0.0687. The summed E-state index contributed by atoms with van der Waals surface area (Å²) in [5.74, 6) is 0.0687. The van der Waals surface area contributed by atoms with Crippen molar-refractivity contribution in [2.75, 3.05) is 31.5 Å². The summed E-state index contributed by atoms with van der Waals surface area (Å²) in [6.45, 7) is 7.55. The number of amides is 1. The molecule has 1 atom stereocenters. The van der Waals surface area contributed by atoms with E-state index in [1.54, 1.807) is 0 Å². The second-order valence-corrected chi connectivity index (χ2v) is 6.87. The van der Waals surface area contributed by atoms with Gasteiger partial charge in [-0.3, -0.25) is 9.69 Å². The summed E-state index contributed by atoms with van der Waals surface area (Å²) in [5, 5.41) is 6.51. The minimum absolute atomic E-state index is 0.0687. The molecule has 0 spiro atoms. The highest BCUT2D eigenvalue weighted by Crippen LogP contribution is 2.17. The zero-order valence-electron chi connectivity index (χ0n) is 12.8. The number of rotatable bonds is 6. The van der Waals surface area contributed by atoms with Gasteiger partial charge >= 0.3 is 0 Å². The van der Waals surface area contributed by atoms with Crippen LogP contribution in [0, 0.1) is 10.5 Å². The van der Waals surface area contributed by atoms with E-state index in [1.165, 1.54) is 16.4 Å². The number of likely N-dealkylation sites (N-methyl/N-ethyl adjacent to an activating group) is 1. The van der Waals surface area contributed by atoms with Crippen molar-refractivity contribution in [3.05, 3.63) is 27.3 Å². The predicted octanol–water partition coefficient (Wildman–Crippen LogP) is 2.61. The largest absolute Gasteiger partial charge is 0.325 e. The molecule has 116 valence electrons. The molecule has 5 heteroatoms. The summed E-state index contributed by atoms with van der Waals surface area (Å²) in [6, 6.07) is 6.61. The van der Waals surface area contributed by atoms with Crippen molar-refractivity contribution < 1.29 is 4.79 Å². The maximum Gasteiger partial charge on any atom is 0.238 e. The van der Waals surface area contributed by atoms with E-state index in [-0.39, 0.29) is 5.91 Å². The zero-order valence-corrected chi connectivity index (χ0v) is 14.9. The average Bonchev–Trinajstić information content (AvgIpc) is 2.94. The van der Waals surface area contributed by atoms with Gasteiger partial charge in [-0.05, 0) is 79.2 Å². The number of anilines is 1. The number of benzene rings is 1. The maximum atomic E-state index is 12.2. The van der Waals surface area contributed by atoms with Gasteiger partial charge in [0.1, 0.15) is 0 Å². The fourth-order valence-corrected chi connectivity index (χ4v) is 3.34. The summed E-state index contributed by atoms with van der Waals surface area (Å²) in [5.41, 5.74) is 2.02. The van der Waals surface area contributed by atoms with E-state index in [1.807, 2.05) is 19.1 Å². The highest BCUT2D eigenvalue weighted by atomic mass is 127. The molecule has 0 saturated carbocycles. The van der Waals surface area contributed by atoms with Gasteiger partial charge in [0.2, 0.25) is 5.91 Å². The van der Waals surface area contributed by atoms with Crippen molar-refractivity contribution in [2.45, 2.75) is 32.7 Å². The summed E-state index contributed by atoms with van der Waals surface area (Å²) < 4.78 is 1.19. The molecule has 21 heavy (non-hydrogen) atoms. The summed E-state index contributed by atoms with van der Waals surface area (Å²) >= 11 is 2.28. The number of halogens is 1. The third-order valence-corrected chi connectivity index (χ3v) is 4.59. The van der Waals surface area contributed by atoms with E-state index in [0.29, 0.717) is 12.6 Å². The molecule has 2 rings (SSSR count). The zero-order chi connectivity index (χ0) is 15.2. The van der Waals surface area contributed by atoms with Crippen molar-refractivity contribution in [3.63, 3.8) is 0 Å². The van der Waals surface area contributed by atoms with Crippen LogP contribution in [0.1, 0.15) is 25.3 Å². The van der Waals surface area contributed by atoms with Crippen LogP contribution < -0.4 is 10.6 Å². The molecule has 1 aromatic rings. The van der Waals surface area contributed by atoms with E-state index in [9.17, 15) is 4.79 Å². The SMILES string of the molecule is CCN(CC(=O)Nc1ccc(I)cc1C)CC1CCCN1. The van der Waals surface area contributed by atoms with E-state index in [0.717, 1.165) is 30.9 Å². The molecule has 1 fully saturated rings. The van der Waals surface area contributed by atoms with Gasteiger partial charge in [-0.25, -0.2) is 0 Å². The fourth-order valence-electron chi connectivity index (χ4n) is 2.69. The molecular weight excluding hydrogens is 377 g/mol. The molecule has 1 aromatic carbocycles. The maximum absolute atomic E-state index is 12.2. The number of carbonyl (C=O) groups excluding carboxylic acids is 1. The van der Waals surface area contributed by atoms with E-state index < -0.39 is 0 Å². The molecule has 1 saturated heterocycles. The molecule has 1 aliphatic heterocycles. The second kappa shape index (κ2) is 8.10. The van der Waals surface area contributed by atoms with Gasteiger partial charge in [-0.1, -0.05) is 6.92 Å². The van der Waals surface area contributed by atoms with Gasteiger partial charge in [0.05, 0.1) is 6.54 Å². The molecular formula is C16H24IN3O. The summed E-state index contributed by atoms with van der Waals surface area (Å²) in [6.07, 6.45) is 2.46. The van der Waals surface area contributed by atoms with Gasteiger partial charge in [-0.15, -0.1) is 0 Å². The quantitative estimate of drug-likeness (QED) is 0.721. The van der Waals surface area contributed by atoms with Crippen LogP contribution >= 0.6 is 22.6 Å². The molecule has 2 N–H and O–H groups in total. The lowest BCUT2D eigenvalue weighted by atomic mass is 10.2. The van der Waals surface area contributed by atoms with Crippen LogP contribution in [-0.2, 0) is 4.79 Å². The Balaban J connectivity index is 1.86. The highest BCUT2D eigenvalue weighted by molar-refractivity contribution is 14.1. The number of nitrogens with zero attached hydrogens (tertiary/aromatic N) is 1. The topological polar surface area (TPSA) is 44.4 Å². The Kier molecular flexibility index (Phi) is 6.44. The van der Waals surface area contributed by atoms with Crippen molar-refractivity contribution in [3.8, 4) is 0 Å². The molecule has 1 aliphatic rings. The summed E-state index contributed by atoms with van der Waals surface area (Å²) in [4.78, 5) is 14.4. The lowest BCUT2D eigenvalue weighted by molar-refractivity contribution is -0.117. The Bertz CT molecular complexity index is 486. The van der Waals surface area contributed by atoms with Crippen LogP contribution in [0.2, 0.25) is 0 Å². The first-order valence-corrected chi connectivity index (χ1v) is 8.68. The third kappa shape index (κ3) is 5.23. The van der Waals surface area contributed by atoms with Gasteiger partial charge < -0.3 is 10.6 Å². The second-order valence-electron chi connectivity index (χ2n) is 5.63. The molecule has 0 radical (unpaired) electrons. The monoisotopic (exact) mass is 401 g/mol. The smallest absolute Gasteiger partial charge is 0.238 e. The minimum Gasteiger partial charge on any atom is -0.325 e. The molecule has 1 unspecified atom stereocenters. The van der Waals surface area contributed by atoms with Crippen LogP contribution in [0.3, 0.4) is 0 Å². The lowest BCUT2D eigenvalue weighted by Gasteiger charge is -2.23. The van der Waals surface area contributed by atoms with E-state index in [4.69, 9.17) is 0 Å². The van der Waals surface area contributed by atoms with Crippen molar-refractivity contribution >= 4 is 34.2 Å². The molecule has 0 aliphatic carbocycles. The summed E-state index contributed by atoms with van der Waals surface area (Å²) in [7, 11) is 0. The van der Waals surface area contributed by atoms with E-state index in [2.05, 4.69) is 51.1 Å². The van der Waals surface area contributed by atoms with Crippen molar-refractivity contribution in [1.29, 1.82) is 0 Å². The van der Waals surface area contributed by atoms with Gasteiger partial charge in [0, 0.05) is 21.8 Å². The Hall–Kier alpha value is -0.660. The van der Waals surface area contributed by atoms with Gasteiger partial charge in [-0.2, -0.15) is 0 Å². The van der Waals surface area contributed by atoms with Crippen LogP contribution in [0.25, 0.3) is 0 Å². The first-order valence-electron chi connectivity index (χ1n) is 7.60. The Labute approximate surface area is 140 Å². The number of carbonyl (C=O) groups is 1. The molecule has 1 heterocycles. The van der Waals surface area contributed by atoms with Crippen molar-refractivity contribution in [1.82, 2.24) is 10.2 Å². The van der Waals surface area contributed by atoms with Gasteiger partial charge in [0.25, 0.3) is 0 Å². The first kappa shape index (κ1) is 16.7. The molecule has 4 nitrogen and oxygen atoms in total. The van der Waals surface area contributed by atoms with Crippen LogP contribution in [0.5, 0.6) is 0 Å². The average molecular weight is 401 g/mol. The standard InChI is InChI=1S/C16H24IN3O/c1-3-20(10-14-5-4-8-18-14)11-16(21)19-15-7-6-13(17)9-12(15)2/h6-7,9,14,18H,3-5,8,10-11H2,1-2H3,(H,19,21). The molecule has 0 aromatic heterocycles.